The number of piperazine rings is 1. The smallest absolute Gasteiger partial charge is 0.238 e. The summed E-state index contributed by atoms with van der Waals surface area (Å²) >= 11 is 3.45. The van der Waals surface area contributed by atoms with E-state index >= 15 is 0 Å². The maximum Gasteiger partial charge on any atom is 0.238 e. The predicted octanol–water partition coefficient (Wildman–Crippen LogP) is 2.44. The van der Waals surface area contributed by atoms with Crippen LogP contribution in [0.4, 0.5) is 5.69 Å². The van der Waals surface area contributed by atoms with Crippen LogP contribution in [0.5, 0.6) is 0 Å². The van der Waals surface area contributed by atoms with Gasteiger partial charge in [-0.15, -0.1) is 24.8 Å². The van der Waals surface area contributed by atoms with Crippen molar-refractivity contribution < 1.29 is 4.79 Å². The van der Waals surface area contributed by atoms with Gasteiger partial charge in [-0.1, -0.05) is 15.9 Å². The molecule has 1 aliphatic heterocycles. The molecule has 20 heavy (non-hydrogen) atoms. The van der Waals surface area contributed by atoms with Crippen LogP contribution < -0.4 is 10.6 Å². The zero-order chi connectivity index (χ0) is 13.0. The molecule has 1 saturated heterocycles. The maximum atomic E-state index is 11.9. The topological polar surface area (TPSA) is 44.4 Å². The Labute approximate surface area is 140 Å². The lowest BCUT2D eigenvalue weighted by Crippen LogP contribution is -2.46. The normalized spacial score (nSPS) is 14.9. The SMILES string of the molecule is Cc1cc(NC(=O)CN2CCNCC2)ccc1Br.Cl.Cl. The number of nitrogens with zero attached hydrogens (tertiary/aromatic N) is 1. The third-order valence-corrected chi connectivity index (χ3v) is 3.91. The standard InChI is InChI=1S/C13H18BrN3O.2ClH/c1-10-8-11(2-3-12(10)14)16-13(18)9-17-6-4-15-5-7-17;;/h2-3,8,15H,4-7,9H2,1H3,(H,16,18);2*1H. The molecule has 0 bridgehead atoms. The highest BCUT2D eigenvalue weighted by Gasteiger charge is 2.13. The highest BCUT2D eigenvalue weighted by molar-refractivity contribution is 9.10. The molecule has 114 valence electrons. The van der Waals surface area contributed by atoms with Crippen molar-refractivity contribution in [2.45, 2.75) is 6.92 Å². The first-order chi connectivity index (χ1) is 8.65. The van der Waals surface area contributed by atoms with Crippen molar-refractivity contribution in [2.24, 2.45) is 0 Å². The van der Waals surface area contributed by atoms with Crippen molar-refractivity contribution in [1.29, 1.82) is 0 Å². The molecule has 0 aliphatic carbocycles. The highest BCUT2D eigenvalue weighted by Crippen LogP contribution is 2.19. The molecule has 7 heteroatoms. The zero-order valence-electron chi connectivity index (χ0n) is 11.3. The van der Waals surface area contributed by atoms with Gasteiger partial charge in [-0.3, -0.25) is 9.69 Å². The van der Waals surface area contributed by atoms with Gasteiger partial charge in [0, 0.05) is 36.3 Å². The fourth-order valence-corrected chi connectivity index (χ4v) is 2.24. The molecule has 1 aromatic rings. The third kappa shape index (κ3) is 5.97. The van der Waals surface area contributed by atoms with Crippen LogP contribution in [0.2, 0.25) is 0 Å². The summed E-state index contributed by atoms with van der Waals surface area (Å²) in [5.74, 6) is 0.0543. The molecule has 1 amide bonds. The van der Waals surface area contributed by atoms with Crippen LogP contribution in [-0.2, 0) is 4.79 Å². The number of amides is 1. The first kappa shape index (κ1) is 19.7. The van der Waals surface area contributed by atoms with E-state index in [4.69, 9.17) is 0 Å². The maximum absolute atomic E-state index is 11.9. The number of anilines is 1. The second kappa shape index (κ2) is 9.58. The average molecular weight is 385 g/mol. The lowest BCUT2D eigenvalue weighted by atomic mass is 10.2. The van der Waals surface area contributed by atoms with Crippen LogP contribution in [-0.4, -0.2) is 43.5 Å². The minimum absolute atomic E-state index is 0. The highest BCUT2D eigenvalue weighted by atomic mass is 79.9. The molecule has 1 aliphatic rings. The Kier molecular flexibility index (Phi) is 9.42. The number of nitrogens with one attached hydrogen (secondary N) is 2. The zero-order valence-corrected chi connectivity index (χ0v) is 14.5. The van der Waals surface area contributed by atoms with Gasteiger partial charge >= 0.3 is 0 Å². The van der Waals surface area contributed by atoms with E-state index in [1.807, 2.05) is 25.1 Å². The summed E-state index contributed by atoms with van der Waals surface area (Å²) in [6.45, 7) is 6.28. The van der Waals surface area contributed by atoms with Crippen LogP contribution in [0, 0.1) is 6.92 Å². The van der Waals surface area contributed by atoms with Gasteiger partial charge in [0.05, 0.1) is 6.54 Å². The number of hydrogen-bond acceptors (Lipinski definition) is 3. The molecule has 1 heterocycles. The van der Waals surface area contributed by atoms with E-state index in [1.54, 1.807) is 0 Å². The largest absolute Gasteiger partial charge is 0.325 e. The van der Waals surface area contributed by atoms with Crippen molar-refractivity contribution in [1.82, 2.24) is 10.2 Å². The summed E-state index contributed by atoms with van der Waals surface area (Å²) in [6, 6.07) is 5.84. The van der Waals surface area contributed by atoms with Gasteiger partial charge in [0.1, 0.15) is 0 Å². The van der Waals surface area contributed by atoms with Gasteiger partial charge < -0.3 is 10.6 Å². The Morgan fingerprint density at radius 1 is 1.35 bits per heavy atom. The second-order valence-corrected chi connectivity index (χ2v) is 5.39. The molecule has 0 spiro atoms. The molecular weight excluding hydrogens is 365 g/mol. The van der Waals surface area contributed by atoms with Gasteiger partial charge in [0.15, 0.2) is 0 Å². The molecule has 0 atom stereocenters. The van der Waals surface area contributed by atoms with Crippen molar-refractivity contribution in [3.8, 4) is 0 Å². The summed E-state index contributed by atoms with van der Waals surface area (Å²) in [5.41, 5.74) is 1.98. The van der Waals surface area contributed by atoms with Crippen molar-refractivity contribution >= 4 is 52.3 Å². The van der Waals surface area contributed by atoms with Crippen LogP contribution in [0.15, 0.2) is 22.7 Å². The first-order valence-corrected chi connectivity index (χ1v) is 6.93. The number of carbonyl (C=O) groups excluding carboxylic acids is 1. The molecule has 0 unspecified atom stereocenters. The Morgan fingerprint density at radius 2 is 2.00 bits per heavy atom. The summed E-state index contributed by atoms with van der Waals surface area (Å²) < 4.78 is 1.06. The lowest BCUT2D eigenvalue weighted by molar-refractivity contribution is -0.117. The van der Waals surface area contributed by atoms with Crippen molar-refractivity contribution in [2.75, 3.05) is 38.0 Å². The fourth-order valence-electron chi connectivity index (χ4n) is 2.00. The summed E-state index contributed by atoms with van der Waals surface area (Å²) in [7, 11) is 0. The molecule has 2 N–H and O–H groups in total. The number of benzene rings is 1. The van der Waals surface area contributed by atoms with Gasteiger partial charge in [-0.25, -0.2) is 0 Å². The Morgan fingerprint density at radius 3 is 2.60 bits per heavy atom. The molecule has 0 aromatic heterocycles. The molecule has 0 radical (unpaired) electrons. The molecule has 4 nitrogen and oxygen atoms in total. The number of aryl methyl sites for hydroxylation is 1. The van der Waals surface area contributed by atoms with Crippen molar-refractivity contribution in [3.63, 3.8) is 0 Å². The minimum atomic E-state index is 0. The monoisotopic (exact) mass is 383 g/mol. The molecular formula is C13H20BrCl2N3O. The lowest BCUT2D eigenvalue weighted by Gasteiger charge is -2.26. The average Bonchev–Trinajstić information content (AvgIpc) is 2.35. The Bertz CT molecular complexity index is 440. The van der Waals surface area contributed by atoms with E-state index in [-0.39, 0.29) is 30.7 Å². The van der Waals surface area contributed by atoms with Gasteiger partial charge in [-0.2, -0.15) is 0 Å². The van der Waals surface area contributed by atoms with Gasteiger partial charge in [-0.05, 0) is 30.7 Å². The van der Waals surface area contributed by atoms with E-state index < -0.39 is 0 Å². The van der Waals surface area contributed by atoms with Crippen LogP contribution in [0.3, 0.4) is 0 Å². The molecule has 0 saturated carbocycles. The quantitative estimate of drug-likeness (QED) is 0.841. The molecule has 1 aromatic carbocycles. The van der Waals surface area contributed by atoms with E-state index in [0.717, 1.165) is 41.9 Å². The summed E-state index contributed by atoms with van der Waals surface area (Å²) in [6.07, 6.45) is 0. The second-order valence-electron chi connectivity index (χ2n) is 4.54. The summed E-state index contributed by atoms with van der Waals surface area (Å²) in [4.78, 5) is 14.1. The van der Waals surface area contributed by atoms with Crippen molar-refractivity contribution in [3.05, 3.63) is 28.2 Å². The van der Waals surface area contributed by atoms with E-state index in [9.17, 15) is 4.79 Å². The Hall–Kier alpha value is -0.330. The first-order valence-electron chi connectivity index (χ1n) is 6.14. The molecule has 2 rings (SSSR count). The van der Waals surface area contributed by atoms with Crippen LogP contribution in [0.25, 0.3) is 0 Å². The minimum Gasteiger partial charge on any atom is -0.325 e. The van der Waals surface area contributed by atoms with Crippen LogP contribution >= 0.6 is 40.7 Å². The van der Waals surface area contributed by atoms with Gasteiger partial charge in [0.25, 0.3) is 0 Å². The molecule has 1 fully saturated rings. The van der Waals surface area contributed by atoms with E-state index in [2.05, 4.69) is 31.5 Å². The number of rotatable bonds is 3. The number of hydrogen-bond donors (Lipinski definition) is 2. The van der Waals surface area contributed by atoms with Crippen LogP contribution in [0.1, 0.15) is 5.56 Å². The third-order valence-electron chi connectivity index (χ3n) is 3.02. The van der Waals surface area contributed by atoms with Gasteiger partial charge in [0.2, 0.25) is 5.91 Å². The van der Waals surface area contributed by atoms with E-state index in [0.29, 0.717) is 6.54 Å². The predicted molar refractivity (Wildman–Crippen MR) is 91.3 cm³/mol. The number of carbonyl (C=O) groups is 1. The fraction of sp³-hybridized carbons (Fsp3) is 0.462. The number of halogens is 3. The van der Waals surface area contributed by atoms with E-state index in [1.165, 1.54) is 0 Å². The summed E-state index contributed by atoms with van der Waals surface area (Å²) in [5, 5.41) is 6.21. The Balaban J connectivity index is 0.00000180.